The number of carbonyl (C=O) groups excluding carboxylic acids is 1. The first-order chi connectivity index (χ1) is 11.7. The molecule has 2 aromatic heterocycles. The zero-order valence-electron chi connectivity index (χ0n) is 13.3. The van der Waals surface area contributed by atoms with E-state index in [-0.39, 0.29) is 5.91 Å². The molecule has 1 aliphatic rings. The summed E-state index contributed by atoms with van der Waals surface area (Å²) in [6, 6.07) is 7.76. The van der Waals surface area contributed by atoms with Crippen LogP contribution in [0.1, 0.15) is 38.5 Å². The average Bonchev–Trinajstić information content (AvgIpc) is 3.24. The molecule has 0 bridgehead atoms. The van der Waals surface area contributed by atoms with Gasteiger partial charge in [-0.25, -0.2) is 4.68 Å². The van der Waals surface area contributed by atoms with Gasteiger partial charge in [0, 0.05) is 10.6 Å². The van der Waals surface area contributed by atoms with E-state index in [0.717, 1.165) is 34.7 Å². The molecule has 1 amide bonds. The van der Waals surface area contributed by atoms with Gasteiger partial charge in [-0.2, -0.15) is 0 Å². The lowest BCUT2D eigenvalue weighted by molar-refractivity contribution is 0.103. The van der Waals surface area contributed by atoms with E-state index >= 15 is 0 Å². The molecule has 2 heterocycles. The summed E-state index contributed by atoms with van der Waals surface area (Å²) in [5.74, 6) is -0.0380. The molecule has 0 radical (unpaired) electrons. The maximum atomic E-state index is 12.5. The molecule has 0 saturated carbocycles. The highest BCUT2D eigenvalue weighted by atomic mass is 32.1. The lowest BCUT2D eigenvalue weighted by Crippen LogP contribution is -2.10. The molecule has 1 aliphatic carbocycles. The van der Waals surface area contributed by atoms with Gasteiger partial charge in [-0.1, -0.05) is 0 Å². The van der Waals surface area contributed by atoms with Crippen LogP contribution in [-0.2, 0) is 12.8 Å². The normalized spacial score (nSPS) is 13.5. The Kier molecular flexibility index (Phi) is 3.86. The first-order valence-corrected chi connectivity index (χ1v) is 8.79. The minimum atomic E-state index is -0.0380. The fraction of sp³-hybridized carbons (Fsp3) is 0.294. The third-order valence-electron chi connectivity index (χ3n) is 4.27. The summed E-state index contributed by atoms with van der Waals surface area (Å²) in [5.41, 5.74) is 4.01. The van der Waals surface area contributed by atoms with Crippen LogP contribution in [-0.4, -0.2) is 26.1 Å². The molecule has 4 rings (SSSR count). The Morgan fingerprint density at radius 1 is 1.25 bits per heavy atom. The molecule has 0 unspecified atom stereocenters. The van der Waals surface area contributed by atoms with Crippen molar-refractivity contribution in [3.63, 3.8) is 0 Å². The van der Waals surface area contributed by atoms with Crippen LogP contribution in [0.2, 0.25) is 0 Å². The number of aryl methyl sites for hydroxylation is 3. The molecule has 24 heavy (non-hydrogen) atoms. The number of nitrogens with zero attached hydrogens (tertiary/aromatic N) is 4. The van der Waals surface area contributed by atoms with E-state index in [2.05, 4.69) is 26.9 Å². The van der Waals surface area contributed by atoms with Crippen molar-refractivity contribution in [3.05, 3.63) is 51.5 Å². The van der Waals surface area contributed by atoms with Crippen molar-refractivity contribution in [2.75, 3.05) is 5.32 Å². The highest BCUT2D eigenvalue weighted by Gasteiger charge is 2.17. The third kappa shape index (κ3) is 2.82. The summed E-state index contributed by atoms with van der Waals surface area (Å²) >= 11 is 1.63. The van der Waals surface area contributed by atoms with E-state index in [0.29, 0.717) is 0 Å². The van der Waals surface area contributed by atoms with Crippen molar-refractivity contribution in [2.45, 2.75) is 32.6 Å². The van der Waals surface area contributed by atoms with E-state index in [1.54, 1.807) is 22.3 Å². The van der Waals surface area contributed by atoms with Crippen LogP contribution >= 0.6 is 11.3 Å². The van der Waals surface area contributed by atoms with Gasteiger partial charge in [-0.15, -0.1) is 16.4 Å². The zero-order chi connectivity index (χ0) is 16.5. The minimum Gasteiger partial charge on any atom is -0.321 e. The fourth-order valence-corrected chi connectivity index (χ4v) is 4.21. The summed E-state index contributed by atoms with van der Waals surface area (Å²) in [6.07, 6.45) is 6.21. The SMILES string of the molecule is Cc1cc(NC(=O)c2cc3c(s2)CCCC3)ccc1-n1cnnn1. The Hall–Kier alpha value is -2.54. The number of tetrazole rings is 1. The Morgan fingerprint density at radius 2 is 2.12 bits per heavy atom. The van der Waals surface area contributed by atoms with E-state index in [1.165, 1.54) is 23.3 Å². The molecule has 122 valence electrons. The van der Waals surface area contributed by atoms with Crippen LogP contribution < -0.4 is 5.32 Å². The molecule has 0 saturated heterocycles. The number of aromatic nitrogens is 4. The van der Waals surface area contributed by atoms with Gasteiger partial charge in [-0.3, -0.25) is 4.79 Å². The van der Waals surface area contributed by atoms with Crippen molar-refractivity contribution < 1.29 is 4.79 Å². The van der Waals surface area contributed by atoms with E-state index in [9.17, 15) is 4.79 Å². The minimum absolute atomic E-state index is 0.0380. The maximum absolute atomic E-state index is 12.5. The van der Waals surface area contributed by atoms with Crippen LogP contribution in [0.4, 0.5) is 5.69 Å². The van der Waals surface area contributed by atoms with Crippen molar-refractivity contribution in [1.82, 2.24) is 20.2 Å². The van der Waals surface area contributed by atoms with Gasteiger partial charge in [-0.05, 0) is 78.4 Å². The first kappa shape index (κ1) is 15.0. The Balaban J connectivity index is 1.53. The average molecular weight is 339 g/mol. The summed E-state index contributed by atoms with van der Waals surface area (Å²) in [7, 11) is 0. The molecular formula is C17H17N5OS. The van der Waals surface area contributed by atoms with Crippen LogP contribution in [0, 0.1) is 6.92 Å². The van der Waals surface area contributed by atoms with Gasteiger partial charge in [0.25, 0.3) is 5.91 Å². The lowest BCUT2D eigenvalue weighted by Gasteiger charge is -2.08. The van der Waals surface area contributed by atoms with E-state index in [4.69, 9.17) is 0 Å². The monoisotopic (exact) mass is 339 g/mol. The number of fused-ring (bicyclic) bond motifs is 1. The summed E-state index contributed by atoms with van der Waals surface area (Å²) in [4.78, 5) is 14.7. The topological polar surface area (TPSA) is 72.7 Å². The summed E-state index contributed by atoms with van der Waals surface area (Å²) < 4.78 is 1.61. The molecule has 0 atom stereocenters. The smallest absolute Gasteiger partial charge is 0.265 e. The maximum Gasteiger partial charge on any atom is 0.265 e. The van der Waals surface area contributed by atoms with Gasteiger partial charge in [0.15, 0.2) is 0 Å². The van der Waals surface area contributed by atoms with Crippen LogP contribution in [0.3, 0.4) is 0 Å². The van der Waals surface area contributed by atoms with Crippen molar-refractivity contribution in [2.24, 2.45) is 0 Å². The number of hydrogen-bond acceptors (Lipinski definition) is 5. The summed E-state index contributed by atoms with van der Waals surface area (Å²) in [5, 5.41) is 14.2. The van der Waals surface area contributed by atoms with Crippen molar-refractivity contribution >= 4 is 22.9 Å². The number of benzene rings is 1. The van der Waals surface area contributed by atoms with Gasteiger partial charge < -0.3 is 5.32 Å². The molecule has 7 heteroatoms. The number of hydrogen-bond donors (Lipinski definition) is 1. The lowest BCUT2D eigenvalue weighted by atomic mass is 9.99. The largest absolute Gasteiger partial charge is 0.321 e. The predicted molar refractivity (Wildman–Crippen MR) is 92.8 cm³/mol. The zero-order valence-corrected chi connectivity index (χ0v) is 14.1. The second-order valence-electron chi connectivity index (χ2n) is 5.98. The van der Waals surface area contributed by atoms with Gasteiger partial charge >= 0.3 is 0 Å². The Morgan fingerprint density at radius 3 is 2.88 bits per heavy atom. The standard InChI is InChI=1S/C17H17N5OS/c1-11-8-13(6-7-14(11)22-10-18-20-21-22)19-17(23)16-9-12-4-2-3-5-15(12)24-16/h6-10H,2-5H2,1H3,(H,19,23). The molecule has 1 aromatic carbocycles. The second-order valence-corrected chi connectivity index (χ2v) is 7.11. The third-order valence-corrected chi connectivity index (χ3v) is 5.51. The molecule has 1 N–H and O–H groups in total. The number of carbonyl (C=O) groups is 1. The Bertz CT molecular complexity index is 861. The van der Waals surface area contributed by atoms with Gasteiger partial charge in [0.2, 0.25) is 0 Å². The van der Waals surface area contributed by atoms with Crippen LogP contribution in [0.15, 0.2) is 30.6 Å². The molecule has 0 aliphatic heterocycles. The van der Waals surface area contributed by atoms with Crippen LogP contribution in [0.5, 0.6) is 0 Å². The molecule has 0 fully saturated rings. The van der Waals surface area contributed by atoms with Gasteiger partial charge in [0.05, 0.1) is 10.6 Å². The molecule has 3 aromatic rings. The van der Waals surface area contributed by atoms with Gasteiger partial charge in [0.1, 0.15) is 6.33 Å². The highest BCUT2D eigenvalue weighted by molar-refractivity contribution is 7.14. The first-order valence-electron chi connectivity index (χ1n) is 7.97. The van der Waals surface area contributed by atoms with Crippen molar-refractivity contribution in [3.8, 4) is 5.69 Å². The van der Waals surface area contributed by atoms with Crippen LogP contribution in [0.25, 0.3) is 5.69 Å². The number of rotatable bonds is 3. The Labute approximate surface area is 143 Å². The fourth-order valence-electron chi connectivity index (χ4n) is 3.06. The summed E-state index contributed by atoms with van der Waals surface area (Å²) in [6.45, 7) is 1.97. The number of thiophene rings is 1. The number of nitrogens with one attached hydrogen (secondary N) is 1. The molecule has 0 spiro atoms. The molecular weight excluding hydrogens is 322 g/mol. The van der Waals surface area contributed by atoms with E-state index < -0.39 is 0 Å². The number of anilines is 1. The van der Waals surface area contributed by atoms with E-state index in [1.807, 2.05) is 25.1 Å². The molecule has 6 nitrogen and oxygen atoms in total. The highest BCUT2D eigenvalue weighted by Crippen LogP contribution is 2.30. The number of amides is 1. The van der Waals surface area contributed by atoms with Crippen molar-refractivity contribution in [1.29, 1.82) is 0 Å². The predicted octanol–water partition coefficient (Wildman–Crippen LogP) is 3.16. The second kappa shape index (κ2) is 6.16. The quantitative estimate of drug-likeness (QED) is 0.795.